The van der Waals surface area contributed by atoms with Gasteiger partial charge in [-0.3, -0.25) is 76.6 Å². The third kappa shape index (κ3) is 18.1. The first-order valence-electron chi connectivity index (χ1n) is 28.4. The molecule has 7 heterocycles. The van der Waals surface area contributed by atoms with Gasteiger partial charge in [0.15, 0.2) is 22.6 Å². The fourth-order valence-corrected chi connectivity index (χ4v) is 9.68. The van der Waals surface area contributed by atoms with E-state index in [1.807, 2.05) is 0 Å². The number of likely N-dealkylation sites (tertiary alicyclic amines) is 1. The van der Waals surface area contributed by atoms with Crippen LogP contribution in [0.1, 0.15) is 19.4 Å². The summed E-state index contributed by atoms with van der Waals surface area (Å²) >= 11 is 0. The molecule has 1 aliphatic heterocycles. The number of H-pyrrole nitrogens is 2. The molecule has 0 saturated carbocycles. The van der Waals surface area contributed by atoms with E-state index >= 15 is 0 Å². The van der Waals surface area contributed by atoms with Gasteiger partial charge in [0, 0.05) is 76.7 Å². The minimum Gasteiger partial charge on any atom is -0.394 e. The SMILES string of the molecule is CC(=O)N[C@H](CO)CN(CC(=O)NCCN(CC(=O)N[C@H](CO)CN(CC(=O)NCCN(CC(=O)N1C[C@H](C(N)=O)[C@H]1C)C(=O)Cn1cnc2c(N)ncnc21)C(=O)Cn1cnc2c(=O)[nH]c(N)nc21)C(=O)Cn1cc(C)c(=O)[nH]c1=O)C(=O)Cn1ccc(N)nc1=O. The zero-order valence-corrected chi connectivity index (χ0v) is 50.4. The van der Waals surface area contributed by atoms with Crippen LogP contribution in [0.3, 0.4) is 0 Å². The van der Waals surface area contributed by atoms with Gasteiger partial charge in [-0.25, -0.2) is 29.5 Å². The van der Waals surface area contributed by atoms with Crippen LogP contribution in [-0.4, -0.2) is 255 Å². The van der Waals surface area contributed by atoms with Crippen LogP contribution in [0.15, 0.2) is 56.6 Å². The highest BCUT2D eigenvalue weighted by Crippen LogP contribution is 2.24. The Labute approximate surface area is 523 Å². The van der Waals surface area contributed by atoms with Gasteiger partial charge in [0.25, 0.3) is 11.1 Å². The van der Waals surface area contributed by atoms with Crippen molar-refractivity contribution >= 4 is 99.0 Å². The summed E-state index contributed by atoms with van der Waals surface area (Å²) in [6.45, 7) is -5.57. The number of hydrogen-bond donors (Lipinski definition) is 12. The highest BCUT2D eigenvalue weighted by Gasteiger charge is 2.42. The van der Waals surface area contributed by atoms with E-state index in [1.54, 1.807) is 6.92 Å². The predicted octanol–water partition coefficient (Wildman–Crippen LogP) is -10.3. The number of rotatable bonds is 31. The minimum atomic E-state index is -1.44. The van der Waals surface area contributed by atoms with Crippen molar-refractivity contribution in [1.29, 1.82) is 0 Å². The number of carbonyl (C=O) groups excluding carboxylic acids is 10. The number of imidazole rings is 2. The number of nitrogen functional groups attached to an aromatic ring is 3. The van der Waals surface area contributed by atoms with E-state index < -0.39 is 197 Å². The van der Waals surface area contributed by atoms with Crippen molar-refractivity contribution in [2.75, 3.05) is 102 Å². The molecule has 0 spiro atoms. The van der Waals surface area contributed by atoms with Gasteiger partial charge in [-0.15, -0.1) is 0 Å². The molecule has 0 bridgehead atoms. The number of aryl methyl sites for hydroxylation is 1. The van der Waals surface area contributed by atoms with Gasteiger partial charge in [-0.2, -0.15) is 9.97 Å². The number of aliphatic hydroxyl groups is 2. The Morgan fingerprint density at radius 2 is 1.19 bits per heavy atom. The van der Waals surface area contributed by atoms with Gasteiger partial charge in [-0.1, -0.05) is 0 Å². The third-order valence-corrected chi connectivity index (χ3v) is 14.6. The normalized spacial score (nSPS) is 14.1. The molecular weight excluding hydrogens is 1230 g/mol. The van der Waals surface area contributed by atoms with E-state index in [4.69, 9.17) is 22.9 Å². The standard InChI is InChI=1S/C52H69N25O16/c1-27-10-74(52(93)68-48(27)90)18-37(84)69(8-5-57-34(81)14-72(11-30(22-78)63-29(3)80)39(86)17-71-7-4-33(53)65-51(71)92)16-36(83)64-31(23-79)12-73(40(87)20-76-26-62-43-47(76)66-50(56)67-49(43)91)15-35(82)58-6-9-70(21-41(88)77-13-32(28(77)2)45(55)89)38(85)19-75-25-61-42-44(54)59-24-60-46(42)75/h4,7,10,24-26,28,30-32,78-79H,5-6,8-9,11-23H2,1-3H3,(H2,55,89)(H,57,81)(H,58,82)(H,63,80)(H,64,83)(H2,53,65,92)(H2,54,59,60)(H,68,90,93)(H3,56,66,67,91)/t28-,30+,31+,32+/m1/s1. The van der Waals surface area contributed by atoms with Gasteiger partial charge >= 0.3 is 11.4 Å². The molecule has 7 rings (SSSR count). The van der Waals surface area contributed by atoms with Gasteiger partial charge in [-0.05, 0) is 19.9 Å². The van der Waals surface area contributed by atoms with Crippen molar-refractivity contribution in [1.82, 2.24) is 104 Å². The summed E-state index contributed by atoms with van der Waals surface area (Å²) in [6.07, 6.45) is 5.83. The fourth-order valence-electron chi connectivity index (χ4n) is 9.68. The zero-order valence-electron chi connectivity index (χ0n) is 50.4. The molecule has 93 heavy (non-hydrogen) atoms. The average molecular weight is 1300 g/mol. The molecule has 6 aromatic heterocycles. The second kappa shape index (κ2) is 30.8. The fraction of sp³-hybridized carbons (Fsp3) is 0.462. The lowest BCUT2D eigenvalue weighted by Crippen LogP contribution is -2.63. The number of fused-ring (bicyclic) bond motifs is 2. The Kier molecular flexibility index (Phi) is 22.8. The maximum absolute atomic E-state index is 14.4. The number of amides is 10. The van der Waals surface area contributed by atoms with Crippen LogP contribution >= 0.6 is 0 Å². The summed E-state index contributed by atoms with van der Waals surface area (Å²) in [7, 11) is 0. The van der Waals surface area contributed by atoms with Crippen LogP contribution in [0.5, 0.6) is 0 Å². The number of nitrogens with two attached hydrogens (primary N) is 4. The maximum atomic E-state index is 14.4. The molecule has 4 atom stereocenters. The van der Waals surface area contributed by atoms with Gasteiger partial charge in [0.1, 0.15) is 43.8 Å². The summed E-state index contributed by atoms with van der Waals surface area (Å²) in [5.41, 5.74) is 19.5. The van der Waals surface area contributed by atoms with Crippen molar-refractivity contribution in [3.8, 4) is 0 Å². The molecule has 0 aromatic carbocycles. The summed E-state index contributed by atoms with van der Waals surface area (Å²) in [5.74, 6) is -8.85. The quantitative estimate of drug-likeness (QED) is 0.0192. The Hall–Kier alpha value is -11.5. The first kappa shape index (κ1) is 69.0. The summed E-state index contributed by atoms with van der Waals surface area (Å²) in [6, 6.07) is -1.85. The number of nitrogens with zero attached hydrogens (tertiary/aromatic N) is 15. The van der Waals surface area contributed by atoms with Crippen molar-refractivity contribution in [2.45, 2.75) is 65.1 Å². The lowest BCUT2D eigenvalue weighted by Gasteiger charge is -2.45. The number of aliphatic hydroxyl groups excluding tert-OH is 2. The molecule has 498 valence electrons. The molecule has 1 saturated heterocycles. The van der Waals surface area contributed by atoms with Crippen molar-refractivity contribution in [3.63, 3.8) is 0 Å². The van der Waals surface area contributed by atoms with Crippen molar-refractivity contribution in [2.24, 2.45) is 11.7 Å². The Morgan fingerprint density at radius 3 is 1.76 bits per heavy atom. The molecule has 10 amide bonds. The molecule has 0 radical (unpaired) electrons. The van der Waals surface area contributed by atoms with Crippen LogP contribution < -0.4 is 66.7 Å². The van der Waals surface area contributed by atoms with Crippen LogP contribution in [-0.2, 0) is 74.1 Å². The predicted molar refractivity (Wildman–Crippen MR) is 321 cm³/mol. The number of aromatic amines is 2. The second-order valence-corrected chi connectivity index (χ2v) is 21.5. The van der Waals surface area contributed by atoms with Crippen LogP contribution in [0.4, 0.5) is 17.6 Å². The molecule has 1 aliphatic rings. The minimum absolute atomic E-state index is 0.00304. The van der Waals surface area contributed by atoms with E-state index in [0.29, 0.717) is 0 Å². The lowest BCUT2D eigenvalue weighted by molar-refractivity contribution is -0.152. The van der Waals surface area contributed by atoms with Crippen LogP contribution in [0.2, 0.25) is 0 Å². The number of nitrogens with one attached hydrogen (secondary N) is 6. The highest BCUT2D eigenvalue weighted by atomic mass is 16.3. The zero-order chi connectivity index (χ0) is 68.0. The Bertz CT molecular complexity index is 4080. The molecule has 1 fully saturated rings. The number of anilines is 3. The average Bonchev–Trinajstić information content (AvgIpc) is 1.74. The monoisotopic (exact) mass is 1300 g/mol. The first-order chi connectivity index (χ1) is 44.1. The van der Waals surface area contributed by atoms with Crippen LogP contribution in [0.25, 0.3) is 22.3 Å². The molecule has 6 aromatic rings. The molecule has 41 nitrogen and oxygen atoms in total. The smallest absolute Gasteiger partial charge is 0.349 e. The maximum Gasteiger partial charge on any atom is 0.349 e. The molecule has 41 heteroatoms. The summed E-state index contributed by atoms with van der Waals surface area (Å²) in [5, 5.41) is 30.7. The van der Waals surface area contributed by atoms with E-state index in [-0.39, 0.29) is 65.1 Å². The topological polar surface area (TPSA) is 576 Å². The number of aromatic nitrogens is 12. The van der Waals surface area contributed by atoms with Crippen molar-refractivity contribution in [3.05, 3.63) is 84.7 Å². The second-order valence-electron chi connectivity index (χ2n) is 21.5. The third-order valence-electron chi connectivity index (χ3n) is 14.6. The van der Waals surface area contributed by atoms with Crippen molar-refractivity contribution < 1.29 is 58.2 Å². The largest absolute Gasteiger partial charge is 0.394 e. The lowest BCUT2D eigenvalue weighted by atomic mass is 9.89. The highest BCUT2D eigenvalue weighted by molar-refractivity contribution is 5.90. The molecule has 0 unspecified atom stereocenters. The van der Waals surface area contributed by atoms with Gasteiger partial charge in [0.05, 0.1) is 70.0 Å². The Morgan fingerprint density at radius 1 is 0.656 bits per heavy atom. The first-order valence-corrected chi connectivity index (χ1v) is 28.4. The van der Waals surface area contributed by atoms with Crippen LogP contribution in [0, 0.1) is 12.8 Å². The van der Waals surface area contributed by atoms with E-state index in [2.05, 4.69) is 61.1 Å². The number of hydrogen-bond acceptors (Lipinski definition) is 25. The summed E-state index contributed by atoms with van der Waals surface area (Å²) < 4.78 is 4.25. The Balaban J connectivity index is 1.07. The van der Waals surface area contributed by atoms with Gasteiger partial charge < -0.3 is 88.0 Å². The molecule has 16 N–H and O–H groups in total. The van der Waals surface area contributed by atoms with E-state index in [1.165, 1.54) is 41.3 Å². The van der Waals surface area contributed by atoms with Gasteiger partial charge in [0.2, 0.25) is 65.0 Å². The number of carbonyl (C=O) groups is 10. The van der Waals surface area contributed by atoms with E-state index in [0.717, 1.165) is 52.7 Å². The number of primary amides is 1. The van der Waals surface area contributed by atoms with E-state index in [9.17, 15) is 77.3 Å². The summed E-state index contributed by atoms with van der Waals surface area (Å²) in [4.78, 5) is 218. The molecule has 0 aliphatic carbocycles. The molecular formula is C52H69N25O16.